The van der Waals surface area contributed by atoms with Crippen molar-refractivity contribution in [2.75, 3.05) is 32.7 Å². The Kier molecular flexibility index (Phi) is 7.81. The van der Waals surface area contributed by atoms with E-state index in [1.165, 1.54) is 58.2 Å². The number of nitrogens with one attached hydrogen (secondary N) is 1. The van der Waals surface area contributed by atoms with Crippen LogP contribution in [0.2, 0.25) is 0 Å². The average Bonchev–Trinajstić information content (AvgIpc) is 2.32. The zero-order valence-electron chi connectivity index (χ0n) is 10.9. The van der Waals surface area contributed by atoms with E-state index in [4.69, 9.17) is 5.73 Å². The van der Waals surface area contributed by atoms with Gasteiger partial charge >= 0.3 is 0 Å². The third kappa shape index (κ3) is 5.28. The van der Waals surface area contributed by atoms with Gasteiger partial charge in [-0.2, -0.15) is 0 Å². The molecule has 0 aromatic heterocycles. The number of nitrogens with two attached hydrogens (primary N) is 1. The Labute approximate surface area is 101 Å². The molecule has 0 radical (unpaired) electrons. The Bertz CT molecular complexity index is 143. The van der Waals surface area contributed by atoms with Gasteiger partial charge in [0.25, 0.3) is 0 Å². The van der Waals surface area contributed by atoms with Gasteiger partial charge in [-0.3, -0.25) is 4.90 Å². The highest BCUT2D eigenvalue weighted by molar-refractivity contribution is 4.79. The van der Waals surface area contributed by atoms with Gasteiger partial charge in [-0.1, -0.05) is 26.2 Å². The number of rotatable bonds is 8. The van der Waals surface area contributed by atoms with E-state index < -0.39 is 0 Å². The molecule has 1 unspecified atom stereocenters. The number of piperazine rings is 1. The molecule has 1 aliphatic rings. The molecule has 16 heavy (non-hydrogen) atoms. The fourth-order valence-corrected chi connectivity index (χ4v) is 2.47. The average molecular weight is 227 g/mol. The normalized spacial score (nSPS) is 22.5. The zero-order chi connectivity index (χ0) is 11.6. The minimum absolute atomic E-state index is 0.776. The Morgan fingerprint density at radius 2 is 2.12 bits per heavy atom. The van der Waals surface area contributed by atoms with Gasteiger partial charge in [0.15, 0.2) is 0 Å². The zero-order valence-corrected chi connectivity index (χ0v) is 10.9. The Hall–Kier alpha value is -0.120. The molecule has 0 spiro atoms. The Morgan fingerprint density at radius 3 is 2.88 bits per heavy atom. The number of hydrogen-bond acceptors (Lipinski definition) is 3. The minimum atomic E-state index is 0.776. The van der Waals surface area contributed by atoms with Crippen LogP contribution >= 0.6 is 0 Å². The molecule has 0 saturated carbocycles. The molecule has 1 heterocycles. The summed E-state index contributed by atoms with van der Waals surface area (Å²) in [6.07, 6.45) is 7.90. The molecule has 1 rings (SSSR count). The Balaban J connectivity index is 2.20. The van der Waals surface area contributed by atoms with Crippen molar-refractivity contribution in [2.45, 2.75) is 51.5 Å². The molecule has 1 fully saturated rings. The fourth-order valence-electron chi connectivity index (χ4n) is 2.47. The van der Waals surface area contributed by atoms with Crippen LogP contribution in [0.5, 0.6) is 0 Å². The van der Waals surface area contributed by atoms with Crippen molar-refractivity contribution >= 4 is 0 Å². The summed E-state index contributed by atoms with van der Waals surface area (Å²) >= 11 is 0. The molecule has 0 aromatic rings. The van der Waals surface area contributed by atoms with Gasteiger partial charge in [0.1, 0.15) is 0 Å². The van der Waals surface area contributed by atoms with E-state index in [2.05, 4.69) is 17.1 Å². The first kappa shape index (κ1) is 13.9. The lowest BCUT2D eigenvalue weighted by Gasteiger charge is -2.36. The van der Waals surface area contributed by atoms with Gasteiger partial charge in [-0.05, 0) is 32.4 Å². The fraction of sp³-hybridized carbons (Fsp3) is 1.00. The van der Waals surface area contributed by atoms with E-state index in [-0.39, 0.29) is 0 Å². The van der Waals surface area contributed by atoms with Crippen molar-refractivity contribution in [1.29, 1.82) is 0 Å². The third-order valence-corrected chi connectivity index (χ3v) is 3.51. The van der Waals surface area contributed by atoms with Crippen molar-refractivity contribution in [3.63, 3.8) is 0 Å². The lowest BCUT2D eigenvalue weighted by molar-refractivity contribution is 0.148. The van der Waals surface area contributed by atoms with Crippen molar-refractivity contribution < 1.29 is 0 Å². The van der Waals surface area contributed by atoms with E-state index in [1.54, 1.807) is 0 Å². The standard InChI is InChI=1S/C13H29N3/c1-2-3-4-7-13-12-15-9-11-16(13)10-6-5-8-14/h13,15H,2-12,14H2,1H3. The highest BCUT2D eigenvalue weighted by Crippen LogP contribution is 2.12. The summed E-state index contributed by atoms with van der Waals surface area (Å²) in [5.74, 6) is 0. The highest BCUT2D eigenvalue weighted by atomic mass is 15.2. The first-order valence-corrected chi connectivity index (χ1v) is 7.03. The predicted octanol–water partition coefficient (Wildman–Crippen LogP) is 1.58. The van der Waals surface area contributed by atoms with E-state index in [1.807, 2.05) is 0 Å². The molecular weight excluding hydrogens is 198 g/mol. The molecule has 0 aromatic carbocycles. The van der Waals surface area contributed by atoms with E-state index in [9.17, 15) is 0 Å². The molecule has 96 valence electrons. The summed E-state index contributed by atoms with van der Waals surface area (Å²) in [7, 11) is 0. The molecule has 3 nitrogen and oxygen atoms in total. The van der Waals surface area contributed by atoms with Gasteiger partial charge < -0.3 is 11.1 Å². The maximum atomic E-state index is 5.55. The van der Waals surface area contributed by atoms with E-state index in [0.717, 1.165) is 19.1 Å². The minimum Gasteiger partial charge on any atom is -0.330 e. The van der Waals surface area contributed by atoms with Crippen LogP contribution in [-0.4, -0.2) is 43.7 Å². The maximum Gasteiger partial charge on any atom is 0.0221 e. The van der Waals surface area contributed by atoms with Crippen LogP contribution in [0.15, 0.2) is 0 Å². The lowest BCUT2D eigenvalue weighted by atomic mass is 10.0. The monoisotopic (exact) mass is 227 g/mol. The number of unbranched alkanes of at least 4 members (excludes halogenated alkanes) is 3. The van der Waals surface area contributed by atoms with Crippen molar-refractivity contribution in [3.8, 4) is 0 Å². The molecule has 3 N–H and O–H groups in total. The van der Waals surface area contributed by atoms with E-state index >= 15 is 0 Å². The van der Waals surface area contributed by atoms with Crippen molar-refractivity contribution in [3.05, 3.63) is 0 Å². The molecule has 0 aliphatic carbocycles. The first-order valence-electron chi connectivity index (χ1n) is 7.03. The van der Waals surface area contributed by atoms with Crippen molar-refractivity contribution in [2.24, 2.45) is 5.73 Å². The van der Waals surface area contributed by atoms with Gasteiger partial charge in [0.2, 0.25) is 0 Å². The van der Waals surface area contributed by atoms with Crippen LogP contribution in [0.3, 0.4) is 0 Å². The second-order valence-corrected chi connectivity index (χ2v) is 4.89. The third-order valence-electron chi connectivity index (χ3n) is 3.51. The van der Waals surface area contributed by atoms with E-state index in [0.29, 0.717) is 0 Å². The molecule has 1 atom stereocenters. The smallest absolute Gasteiger partial charge is 0.0221 e. The SMILES string of the molecule is CCCCCC1CNCCN1CCCCN. The summed E-state index contributed by atoms with van der Waals surface area (Å²) in [4.78, 5) is 2.67. The highest BCUT2D eigenvalue weighted by Gasteiger charge is 2.20. The summed E-state index contributed by atoms with van der Waals surface area (Å²) in [5, 5.41) is 3.52. The molecule has 0 amide bonds. The molecule has 0 bridgehead atoms. The molecule has 3 heteroatoms. The van der Waals surface area contributed by atoms with Crippen LogP contribution in [0.4, 0.5) is 0 Å². The van der Waals surface area contributed by atoms with Gasteiger partial charge in [-0.15, -0.1) is 0 Å². The van der Waals surface area contributed by atoms with Gasteiger partial charge in [0, 0.05) is 25.7 Å². The van der Waals surface area contributed by atoms with Crippen LogP contribution < -0.4 is 11.1 Å². The second kappa shape index (κ2) is 8.97. The number of hydrogen-bond donors (Lipinski definition) is 2. The van der Waals surface area contributed by atoms with Gasteiger partial charge in [-0.25, -0.2) is 0 Å². The summed E-state index contributed by atoms with van der Waals surface area (Å²) in [6, 6.07) is 0.776. The molecular formula is C13H29N3. The van der Waals surface area contributed by atoms with Crippen LogP contribution in [0, 0.1) is 0 Å². The van der Waals surface area contributed by atoms with Crippen LogP contribution in [0.1, 0.15) is 45.4 Å². The quantitative estimate of drug-likeness (QED) is 0.619. The summed E-state index contributed by atoms with van der Waals surface area (Å²) in [6.45, 7) is 7.93. The predicted molar refractivity (Wildman–Crippen MR) is 70.7 cm³/mol. The van der Waals surface area contributed by atoms with Crippen LogP contribution in [0.25, 0.3) is 0 Å². The second-order valence-electron chi connectivity index (χ2n) is 4.89. The molecule has 1 aliphatic heterocycles. The first-order chi connectivity index (χ1) is 7.88. The topological polar surface area (TPSA) is 41.3 Å². The lowest BCUT2D eigenvalue weighted by Crippen LogP contribution is -2.51. The molecule has 1 saturated heterocycles. The Morgan fingerprint density at radius 1 is 1.25 bits per heavy atom. The van der Waals surface area contributed by atoms with Crippen LogP contribution in [-0.2, 0) is 0 Å². The summed E-state index contributed by atoms with van der Waals surface area (Å²) < 4.78 is 0. The summed E-state index contributed by atoms with van der Waals surface area (Å²) in [5.41, 5.74) is 5.55. The largest absolute Gasteiger partial charge is 0.330 e. The number of nitrogens with zero attached hydrogens (tertiary/aromatic N) is 1. The van der Waals surface area contributed by atoms with Crippen molar-refractivity contribution in [1.82, 2.24) is 10.2 Å². The van der Waals surface area contributed by atoms with Gasteiger partial charge in [0.05, 0.1) is 0 Å². The maximum absolute atomic E-state index is 5.55.